The minimum Gasteiger partial charge on any atom is -0.338 e. The van der Waals surface area contributed by atoms with Crippen LogP contribution in [0.25, 0.3) is 0 Å². The standard InChI is InChI=1S/C15H27N5OS/c1-4-22-9-5-8-16-15(21)17-12-6-7-13-18-14(11(2)3)19-20(13)10-12/h11-12H,4-10H2,1-3H3,(H2,16,17,21). The van der Waals surface area contributed by atoms with E-state index in [0.717, 1.165) is 49.0 Å². The third-order valence-corrected chi connectivity index (χ3v) is 4.67. The number of amides is 2. The van der Waals surface area contributed by atoms with Crippen molar-refractivity contribution in [3.63, 3.8) is 0 Å². The van der Waals surface area contributed by atoms with Gasteiger partial charge in [0.25, 0.3) is 0 Å². The smallest absolute Gasteiger partial charge is 0.315 e. The van der Waals surface area contributed by atoms with Gasteiger partial charge in [-0.2, -0.15) is 16.9 Å². The zero-order valence-corrected chi connectivity index (χ0v) is 14.6. The third kappa shape index (κ3) is 4.90. The Hall–Kier alpha value is -1.24. The number of nitrogens with zero attached hydrogens (tertiary/aromatic N) is 3. The lowest BCUT2D eigenvalue weighted by molar-refractivity contribution is 0.232. The quantitative estimate of drug-likeness (QED) is 0.754. The van der Waals surface area contributed by atoms with Crippen molar-refractivity contribution < 1.29 is 4.79 Å². The van der Waals surface area contributed by atoms with Gasteiger partial charge in [0.05, 0.1) is 12.6 Å². The number of hydrogen-bond acceptors (Lipinski definition) is 4. The van der Waals surface area contributed by atoms with Crippen molar-refractivity contribution in [2.45, 2.75) is 58.5 Å². The minimum absolute atomic E-state index is 0.0702. The molecule has 124 valence electrons. The lowest BCUT2D eigenvalue weighted by atomic mass is 10.1. The summed E-state index contributed by atoms with van der Waals surface area (Å²) in [4.78, 5) is 16.5. The number of carbonyl (C=O) groups is 1. The SMILES string of the molecule is CCSCCCNC(=O)NC1CCc2nc(C(C)C)nn2C1. The fraction of sp³-hybridized carbons (Fsp3) is 0.800. The van der Waals surface area contributed by atoms with E-state index in [1.54, 1.807) is 0 Å². The number of rotatable bonds is 7. The molecule has 2 N–H and O–H groups in total. The van der Waals surface area contributed by atoms with Crippen LogP contribution in [0, 0.1) is 0 Å². The van der Waals surface area contributed by atoms with Crippen molar-refractivity contribution in [2.24, 2.45) is 0 Å². The molecule has 0 spiro atoms. The summed E-state index contributed by atoms with van der Waals surface area (Å²) in [5, 5.41) is 10.5. The Morgan fingerprint density at radius 3 is 3.05 bits per heavy atom. The molecule has 22 heavy (non-hydrogen) atoms. The van der Waals surface area contributed by atoms with Gasteiger partial charge in [-0.3, -0.25) is 0 Å². The molecule has 2 heterocycles. The molecule has 1 aliphatic rings. The van der Waals surface area contributed by atoms with Crippen LogP contribution in [0.5, 0.6) is 0 Å². The number of aromatic nitrogens is 3. The number of hydrogen-bond donors (Lipinski definition) is 2. The third-order valence-electron chi connectivity index (χ3n) is 3.68. The van der Waals surface area contributed by atoms with E-state index in [2.05, 4.69) is 41.5 Å². The van der Waals surface area contributed by atoms with Crippen molar-refractivity contribution in [2.75, 3.05) is 18.1 Å². The summed E-state index contributed by atoms with van der Waals surface area (Å²) in [5.74, 6) is 4.51. The molecule has 0 bridgehead atoms. The summed E-state index contributed by atoms with van der Waals surface area (Å²) in [7, 11) is 0. The first-order valence-corrected chi connectivity index (χ1v) is 9.31. The van der Waals surface area contributed by atoms with E-state index in [-0.39, 0.29) is 12.1 Å². The number of fused-ring (bicyclic) bond motifs is 1. The highest BCUT2D eigenvalue weighted by Crippen LogP contribution is 2.16. The second kappa shape index (κ2) is 8.41. The van der Waals surface area contributed by atoms with Gasteiger partial charge in [-0.15, -0.1) is 0 Å². The van der Waals surface area contributed by atoms with Crippen molar-refractivity contribution >= 4 is 17.8 Å². The fourth-order valence-electron chi connectivity index (χ4n) is 2.45. The van der Waals surface area contributed by atoms with Crippen LogP contribution >= 0.6 is 11.8 Å². The van der Waals surface area contributed by atoms with E-state index >= 15 is 0 Å². The predicted molar refractivity (Wildman–Crippen MR) is 90.4 cm³/mol. The van der Waals surface area contributed by atoms with E-state index in [4.69, 9.17) is 0 Å². The molecule has 2 amide bonds. The summed E-state index contributed by atoms with van der Waals surface area (Å²) in [5.41, 5.74) is 0. The summed E-state index contributed by atoms with van der Waals surface area (Å²) in [6.07, 6.45) is 2.81. The van der Waals surface area contributed by atoms with Crippen LogP contribution in [-0.2, 0) is 13.0 Å². The van der Waals surface area contributed by atoms with Crippen LogP contribution in [0.1, 0.15) is 51.2 Å². The van der Waals surface area contributed by atoms with Crippen molar-refractivity contribution in [1.82, 2.24) is 25.4 Å². The van der Waals surface area contributed by atoms with Gasteiger partial charge in [-0.05, 0) is 24.3 Å². The maximum Gasteiger partial charge on any atom is 0.315 e. The molecule has 1 aromatic rings. The number of nitrogens with one attached hydrogen (secondary N) is 2. The number of thioether (sulfide) groups is 1. The number of carbonyl (C=O) groups excluding carboxylic acids is 1. The van der Waals surface area contributed by atoms with E-state index in [1.807, 2.05) is 16.4 Å². The number of aryl methyl sites for hydroxylation is 1. The summed E-state index contributed by atoms with van der Waals surface area (Å²) < 4.78 is 1.95. The molecule has 1 unspecified atom stereocenters. The van der Waals surface area contributed by atoms with Crippen molar-refractivity contribution in [3.05, 3.63) is 11.6 Å². The molecule has 7 heteroatoms. The highest BCUT2D eigenvalue weighted by molar-refractivity contribution is 7.99. The Morgan fingerprint density at radius 2 is 2.32 bits per heavy atom. The first-order valence-electron chi connectivity index (χ1n) is 8.15. The molecule has 1 aliphatic heterocycles. The second-order valence-electron chi connectivity index (χ2n) is 5.91. The minimum atomic E-state index is -0.0702. The molecule has 0 fully saturated rings. The van der Waals surface area contributed by atoms with Crippen LogP contribution in [0.2, 0.25) is 0 Å². The van der Waals surface area contributed by atoms with Gasteiger partial charge < -0.3 is 10.6 Å². The average Bonchev–Trinajstić information content (AvgIpc) is 2.90. The Kier molecular flexibility index (Phi) is 6.54. The first kappa shape index (κ1) is 17.1. The molecule has 0 aliphatic carbocycles. The molecular formula is C15H27N5OS. The van der Waals surface area contributed by atoms with Gasteiger partial charge in [0, 0.05) is 18.9 Å². The highest BCUT2D eigenvalue weighted by atomic mass is 32.2. The Labute approximate surface area is 136 Å². The first-order chi connectivity index (χ1) is 10.6. The van der Waals surface area contributed by atoms with E-state index in [0.29, 0.717) is 12.5 Å². The Morgan fingerprint density at radius 1 is 1.50 bits per heavy atom. The lowest BCUT2D eigenvalue weighted by Gasteiger charge is -2.23. The summed E-state index contributed by atoms with van der Waals surface area (Å²) >= 11 is 1.90. The van der Waals surface area contributed by atoms with E-state index in [1.165, 1.54) is 0 Å². The summed E-state index contributed by atoms with van der Waals surface area (Å²) in [6, 6.07) is 0.0679. The normalized spacial score (nSPS) is 17.4. The summed E-state index contributed by atoms with van der Waals surface area (Å²) in [6.45, 7) is 7.80. The van der Waals surface area contributed by atoms with Gasteiger partial charge >= 0.3 is 6.03 Å². The van der Waals surface area contributed by atoms with Gasteiger partial charge in [0.2, 0.25) is 0 Å². The molecule has 6 nitrogen and oxygen atoms in total. The van der Waals surface area contributed by atoms with Crippen molar-refractivity contribution in [3.8, 4) is 0 Å². The van der Waals surface area contributed by atoms with E-state index in [9.17, 15) is 4.79 Å². The van der Waals surface area contributed by atoms with Crippen molar-refractivity contribution in [1.29, 1.82) is 0 Å². The topological polar surface area (TPSA) is 71.8 Å². The Bertz CT molecular complexity index is 488. The monoisotopic (exact) mass is 325 g/mol. The maximum absolute atomic E-state index is 11.9. The van der Waals surface area contributed by atoms with Crippen LogP contribution in [0.15, 0.2) is 0 Å². The molecule has 0 saturated heterocycles. The molecule has 0 radical (unpaired) electrons. The predicted octanol–water partition coefficient (Wildman–Crippen LogP) is 2.16. The van der Waals surface area contributed by atoms with Crippen LogP contribution in [0.3, 0.4) is 0 Å². The molecule has 2 rings (SSSR count). The van der Waals surface area contributed by atoms with Crippen LogP contribution in [-0.4, -0.2) is 44.9 Å². The average molecular weight is 325 g/mol. The second-order valence-corrected chi connectivity index (χ2v) is 7.30. The zero-order valence-electron chi connectivity index (χ0n) is 13.8. The largest absolute Gasteiger partial charge is 0.338 e. The van der Waals surface area contributed by atoms with Gasteiger partial charge in [-0.1, -0.05) is 20.8 Å². The molecule has 1 atom stereocenters. The number of urea groups is 1. The maximum atomic E-state index is 11.9. The zero-order chi connectivity index (χ0) is 15.9. The molecule has 0 saturated carbocycles. The highest BCUT2D eigenvalue weighted by Gasteiger charge is 2.23. The van der Waals surface area contributed by atoms with Gasteiger partial charge in [-0.25, -0.2) is 14.5 Å². The Balaban J connectivity index is 1.74. The van der Waals surface area contributed by atoms with Crippen LogP contribution < -0.4 is 10.6 Å². The molecule has 1 aromatic heterocycles. The molecule has 0 aromatic carbocycles. The lowest BCUT2D eigenvalue weighted by Crippen LogP contribution is -2.46. The van der Waals surface area contributed by atoms with E-state index < -0.39 is 0 Å². The molecular weight excluding hydrogens is 298 g/mol. The fourth-order valence-corrected chi connectivity index (χ4v) is 3.08. The van der Waals surface area contributed by atoms with Crippen LogP contribution in [0.4, 0.5) is 4.79 Å². The van der Waals surface area contributed by atoms with Gasteiger partial charge in [0.15, 0.2) is 5.82 Å². The van der Waals surface area contributed by atoms with Gasteiger partial charge in [0.1, 0.15) is 5.82 Å².